The molecule has 6 heteroatoms. The number of carbonyl (C=O) groups is 3. The van der Waals surface area contributed by atoms with Crippen LogP contribution in [0.15, 0.2) is 72.8 Å². The second kappa shape index (κ2) is 6.62. The number of esters is 1. The predicted octanol–water partition coefficient (Wildman–Crippen LogP) is 4.52. The molecule has 1 heterocycles. The molecule has 0 unspecified atom stereocenters. The summed E-state index contributed by atoms with van der Waals surface area (Å²) in [5.74, 6) is -1.67. The van der Waals surface area contributed by atoms with Crippen LogP contribution in [0.25, 0.3) is 0 Å². The summed E-state index contributed by atoms with van der Waals surface area (Å²) >= 11 is 3.99. The highest BCUT2D eigenvalue weighted by Crippen LogP contribution is 2.66. The van der Waals surface area contributed by atoms with Crippen molar-refractivity contribution in [3.63, 3.8) is 0 Å². The van der Waals surface area contributed by atoms with Crippen LogP contribution >= 0.6 is 15.9 Å². The van der Waals surface area contributed by atoms with Gasteiger partial charge in [0.2, 0.25) is 11.8 Å². The highest BCUT2D eigenvalue weighted by Gasteiger charge is 2.67. The molecule has 5 nitrogen and oxygen atoms in total. The van der Waals surface area contributed by atoms with Gasteiger partial charge in [-0.15, -0.1) is 0 Å². The second-order valence-corrected chi connectivity index (χ2v) is 9.72. The van der Waals surface area contributed by atoms with E-state index < -0.39 is 22.1 Å². The van der Waals surface area contributed by atoms with Crippen LogP contribution in [0.3, 0.4) is 0 Å². The normalized spacial score (nSPS) is 27.1. The highest BCUT2D eigenvalue weighted by atomic mass is 79.9. The molecule has 0 aromatic heterocycles. The molecule has 32 heavy (non-hydrogen) atoms. The first-order chi connectivity index (χ1) is 15.4. The Labute approximate surface area is 193 Å². The average molecular weight is 488 g/mol. The Kier molecular flexibility index (Phi) is 4.02. The number of anilines is 1. The summed E-state index contributed by atoms with van der Waals surface area (Å²) in [5.41, 5.74) is 4.78. The molecule has 1 fully saturated rings. The molecule has 4 aliphatic rings. The minimum atomic E-state index is -0.765. The van der Waals surface area contributed by atoms with E-state index in [1.807, 2.05) is 24.3 Å². The van der Waals surface area contributed by atoms with Gasteiger partial charge in [0.1, 0.15) is 5.75 Å². The lowest BCUT2D eigenvalue weighted by Gasteiger charge is -2.51. The Bertz CT molecular complexity index is 1270. The number of imide groups is 1. The van der Waals surface area contributed by atoms with E-state index in [9.17, 15) is 14.4 Å². The van der Waals surface area contributed by atoms with Crippen molar-refractivity contribution in [1.82, 2.24) is 0 Å². The van der Waals surface area contributed by atoms with Crippen LogP contribution < -0.4 is 9.64 Å². The molecule has 0 radical (unpaired) electrons. The van der Waals surface area contributed by atoms with Crippen molar-refractivity contribution in [2.24, 2.45) is 11.8 Å². The van der Waals surface area contributed by atoms with Crippen molar-refractivity contribution in [3.05, 3.63) is 95.1 Å². The molecule has 0 spiro atoms. The number of amides is 2. The van der Waals surface area contributed by atoms with Crippen molar-refractivity contribution in [3.8, 4) is 5.75 Å². The minimum Gasteiger partial charge on any atom is -0.427 e. The third-order valence-electron chi connectivity index (χ3n) is 6.87. The van der Waals surface area contributed by atoms with Gasteiger partial charge in [0.05, 0.1) is 21.8 Å². The fraction of sp³-hybridized carbons (Fsp3) is 0.192. The monoisotopic (exact) mass is 487 g/mol. The van der Waals surface area contributed by atoms with Gasteiger partial charge in [0.15, 0.2) is 0 Å². The largest absolute Gasteiger partial charge is 0.427 e. The Morgan fingerprint density at radius 3 is 2.00 bits per heavy atom. The first-order valence-corrected chi connectivity index (χ1v) is 11.3. The van der Waals surface area contributed by atoms with Gasteiger partial charge >= 0.3 is 5.97 Å². The Hall–Kier alpha value is -3.25. The van der Waals surface area contributed by atoms with E-state index >= 15 is 0 Å². The number of nitrogens with zero attached hydrogens (tertiary/aromatic N) is 1. The quantitative estimate of drug-likeness (QED) is 0.231. The maximum Gasteiger partial charge on any atom is 0.308 e. The topological polar surface area (TPSA) is 63.7 Å². The lowest BCUT2D eigenvalue weighted by atomic mass is 9.55. The number of hydrogen-bond donors (Lipinski definition) is 0. The van der Waals surface area contributed by atoms with Crippen molar-refractivity contribution < 1.29 is 19.1 Å². The first kappa shape index (κ1) is 19.4. The van der Waals surface area contributed by atoms with Crippen LogP contribution in [0.2, 0.25) is 0 Å². The summed E-state index contributed by atoms with van der Waals surface area (Å²) in [6, 6.07) is 22.7. The lowest BCUT2D eigenvalue weighted by Crippen LogP contribution is -2.50. The van der Waals surface area contributed by atoms with Crippen molar-refractivity contribution in [2.75, 3.05) is 4.90 Å². The molecular formula is C26H18BrNO4. The summed E-state index contributed by atoms with van der Waals surface area (Å²) < 4.78 is 4.32. The standard InChI is InChI=1S/C26H18BrNO4/c1-14(29)32-16-12-10-15(11-13-16)28-24(30)22-21-17-6-2-4-8-19(17)26(27,23(22)25(28)31)20-9-5-3-7-18(20)21/h2-13,21-23H,1H3/t21?,22-,23+,26?/m0/s1. The fourth-order valence-corrected chi connectivity index (χ4v) is 6.97. The molecule has 1 aliphatic heterocycles. The fourth-order valence-electron chi connectivity index (χ4n) is 5.76. The minimum absolute atomic E-state index is 0.173. The lowest BCUT2D eigenvalue weighted by molar-refractivity contribution is -0.132. The number of ether oxygens (including phenoxy) is 1. The Balaban J connectivity index is 1.50. The number of carbonyl (C=O) groups excluding carboxylic acids is 3. The van der Waals surface area contributed by atoms with Crippen molar-refractivity contribution >= 4 is 39.4 Å². The zero-order valence-electron chi connectivity index (χ0n) is 17.1. The van der Waals surface area contributed by atoms with E-state index in [1.54, 1.807) is 24.3 Å². The van der Waals surface area contributed by atoms with Gasteiger partial charge in [0, 0.05) is 12.8 Å². The van der Waals surface area contributed by atoms with Gasteiger partial charge in [-0.3, -0.25) is 14.4 Å². The van der Waals surface area contributed by atoms with E-state index in [1.165, 1.54) is 11.8 Å². The van der Waals surface area contributed by atoms with Gasteiger partial charge in [-0.1, -0.05) is 64.5 Å². The molecular weight excluding hydrogens is 470 g/mol. The van der Waals surface area contributed by atoms with Crippen LogP contribution in [0, 0.1) is 11.8 Å². The zero-order valence-corrected chi connectivity index (χ0v) is 18.7. The maximum absolute atomic E-state index is 13.8. The van der Waals surface area contributed by atoms with Crippen LogP contribution in [-0.4, -0.2) is 17.8 Å². The number of halogens is 1. The summed E-state index contributed by atoms with van der Waals surface area (Å²) in [6.45, 7) is 1.33. The molecule has 2 bridgehead atoms. The highest BCUT2D eigenvalue weighted by molar-refractivity contribution is 9.09. The van der Waals surface area contributed by atoms with Crippen LogP contribution in [0.4, 0.5) is 5.69 Å². The summed E-state index contributed by atoms with van der Waals surface area (Å²) in [4.78, 5) is 40.1. The van der Waals surface area contributed by atoms with Crippen LogP contribution in [0.5, 0.6) is 5.75 Å². The summed E-state index contributed by atoms with van der Waals surface area (Å²) in [7, 11) is 0. The smallest absolute Gasteiger partial charge is 0.308 e. The van der Waals surface area contributed by atoms with Crippen LogP contribution in [-0.2, 0) is 18.7 Å². The van der Waals surface area contributed by atoms with Crippen molar-refractivity contribution in [1.29, 1.82) is 0 Å². The first-order valence-electron chi connectivity index (χ1n) is 10.5. The second-order valence-electron chi connectivity index (χ2n) is 8.47. The average Bonchev–Trinajstić information content (AvgIpc) is 3.06. The number of hydrogen-bond acceptors (Lipinski definition) is 4. The summed E-state index contributed by atoms with van der Waals surface area (Å²) in [5, 5.41) is 0. The van der Waals surface area contributed by atoms with E-state index in [2.05, 4.69) is 40.2 Å². The molecule has 3 aromatic carbocycles. The molecule has 0 N–H and O–H groups in total. The Morgan fingerprint density at radius 1 is 0.875 bits per heavy atom. The molecule has 3 aromatic rings. The number of benzene rings is 3. The van der Waals surface area contributed by atoms with Crippen LogP contribution in [0.1, 0.15) is 35.1 Å². The molecule has 1 saturated heterocycles. The zero-order chi connectivity index (χ0) is 22.2. The third-order valence-corrected chi connectivity index (χ3v) is 8.22. The molecule has 2 atom stereocenters. The van der Waals surface area contributed by atoms with Gasteiger partial charge in [0.25, 0.3) is 0 Å². The molecule has 158 valence electrons. The summed E-state index contributed by atoms with van der Waals surface area (Å²) in [6.07, 6.45) is 0. The predicted molar refractivity (Wildman–Crippen MR) is 122 cm³/mol. The molecule has 3 aliphatic carbocycles. The molecule has 7 rings (SSSR count). The van der Waals surface area contributed by atoms with E-state index in [4.69, 9.17) is 4.74 Å². The molecule has 0 saturated carbocycles. The SMILES string of the molecule is CC(=O)Oc1ccc(N2C(=O)[C@H]3C4c5ccccc5C(Br)(c5ccccc54)[C@H]3C2=O)cc1. The van der Waals surface area contributed by atoms with Gasteiger partial charge < -0.3 is 4.74 Å². The van der Waals surface area contributed by atoms with Crippen molar-refractivity contribution in [2.45, 2.75) is 17.2 Å². The van der Waals surface area contributed by atoms with E-state index in [-0.39, 0.29) is 17.7 Å². The third kappa shape index (κ3) is 2.36. The van der Waals surface area contributed by atoms with Gasteiger partial charge in [-0.05, 0) is 46.5 Å². The van der Waals surface area contributed by atoms with E-state index in [0.717, 1.165) is 22.3 Å². The number of alkyl halides is 1. The molecule has 2 amide bonds. The maximum atomic E-state index is 13.8. The van der Waals surface area contributed by atoms with E-state index in [0.29, 0.717) is 11.4 Å². The Morgan fingerprint density at radius 2 is 1.44 bits per heavy atom. The van der Waals surface area contributed by atoms with Gasteiger partial charge in [-0.25, -0.2) is 4.90 Å². The number of rotatable bonds is 2. The van der Waals surface area contributed by atoms with Gasteiger partial charge in [-0.2, -0.15) is 0 Å².